The molecule has 53 heavy (non-hydrogen) atoms. The third-order valence-electron chi connectivity index (χ3n) is 16.0. The van der Waals surface area contributed by atoms with Gasteiger partial charge in [0.2, 0.25) is 0 Å². The highest BCUT2D eigenvalue weighted by Crippen LogP contribution is 2.73. The van der Waals surface area contributed by atoms with Crippen molar-refractivity contribution in [2.45, 2.75) is 183 Å². The summed E-state index contributed by atoms with van der Waals surface area (Å²) in [4.78, 5) is 0. The van der Waals surface area contributed by atoms with Crippen molar-refractivity contribution in [1.29, 1.82) is 0 Å². The van der Waals surface area contributed by atoms with Crippen LogP contribution in [0, 0.1) is 34.5 Å². The minimum Gasteiger partial charge on any atom is -0.394 e. The topological polar surface area (TPSA) is 217 Å². The van der Waals surface area contributed by atoms with Crippen molar-refractivity contribution in [2.24, 2.45) is 34.5 Å². The second-order valence-corrected chi connectivity index (χ2v) is 18.5. The largest absolute Gasteiger partial charge is 0.394 e. The van der Waals surface area contributed by atoms with Crippen LogP contribution in [-0.4, -0.2) is 145 Å². The number of fused-ring (bicyclic) bond motifs is 7. The standard InChI is InChI=1S/C39H62O14/c1-18-8-13-38(48-17-18)20(3)39(47)26(53-38)15-37(46)24-7-6-21-14-22(9-11-35(21,4)23(24)10-12-36(37,39)5)50-34-32(30(44)28(42)25(16-40)51-34)52-33-31(45)29(43)27(41)19(2)49-33/h6,18-20,22-34,40-47H,7-17H2,1-5H3/t18-,19+,20-,22+,23+,24-,25-,26+,27+,28-,29-,30+,31-,32-,33+,34-,35+,36+,37-,38-,39-/m1/s1. The fourth-order valence-electron chi connectivity index (χ4n) is 12.4. The molecule has 0 aromatic heterocycles. The molecule has 4 saturated heterocycles. The molecule has 4 aliphatic carbocycles. The summed E-state index contributed by atoms with van der Waals surface area (Å²) in [5, 5.41) is 88.5. The van der Waals surface area contributed by atoms with Crippen LogP contribution in [0.1, 0.15) is 92.4 Å². The lowest BCUT2D eigenvalue weighted by Gasteiger charge is -2.63. The number of aliphatic hydroxyl groups is 8. The first kappa shape index (κ1) is 39.0. The number of aliphatic hydroxyl groups excluding tert-OH is 6. The van der Waals surface area contributed by atoms with Crippen LogP contribution in [0.3, 0.4) is 0 Å². The molecule has 0 aromatic carbocycles. The van der Waals surface area contributed by atoms with Crippen LogP contribution in [0.4, 0.5) is 0 Å². The molecule has 302 valence electrons. The molecule has 0 radical (unpaired) electrons. The van der Waals surface area contributed by atoms with Gasteiger partial charge in [-0.15, -0.1) is 0 Å². The summed E-state index contributed by atoms with van der Waals surface area (Å²) in [5.74, 6) is -0.554. The van der Waals surface area contributed by atoms with Gasteiger partial charge in [-0.3, -0.25) is 0 Å². The van der Waals surface area contributed by atoms with Crippen LogP contribution in [0.5, 0.6) is 0 Å². The van der Waals surface area contributed by atoms with Crippen molar-refractivity contribution in [3.8, 4) is 0 Å². The lowest BCUT2D eigenvalue weighted by atomic mass is 9.44. The quantitative estimate of drug-likeness (QED) is 0.181. The van der Waals surface area contributed by atoms with Gasteiger partial charge in [-0.25, -0.2) is 0 Å². The first-order valence-electron chi connectivity index (χ1n) is 20.0. The van der Waals surface area contributed by atoms with E-state index in [-0.39, 0.29) is 29.3 Å². The Morgan fingerprint density at radius 3 is 2.26 bits per heavy atom. The van der Waals surface area contributed by atoms with Crippen molar-refractivity contribution in [3.63, 3.8) is 0 Å². The van der Waals surface area contributed by atoms with E-state index in [2.05, 4.69) is 26.8 Å². The van der Waals surface area contributed by atoms with E-state index in [0.29, 0.717) is 44.6 Å². The van der Waals surface area contributed by atoms with Crippen molar-refractivity contribution in [2.75, 3.05) is 13.2 Å². The highest BCUT2D eigenvalue weighted by Gasteiger charge is 2.81. The van der Waals surface area contributed by atoms with Crippen LogP contribution in [0.15, 0.2) is 11.6 Å². The van der Waals surface area contributed by atoms with E-state index in [4.69, 9.17) is 28.4 Å². The van der Waals surface area contributed by atoms with E-state index < -0.39 is 96.5 Å². The van der Waals surface area contributed by atoms with Crippen LogP contribution in [0.2, 0.25) is 0 Å². The van der Waals surface area contributed by atoms with Crippen LogP contribution in [-0.2, 0) is 28.4 Å². The predicted molar refractivity (Wildman–Crippen MR) is 184 cm³/mol. The Balaban J connectivity index is 0.995. The number of rotatable bonds is 5. The van der Waals surface area contributed by atoms with Gasteiger partial charge in [0.05, 0.1) is 37.1 Å². The fourth-order valence-corrected chi connectivity index (χ4v) is 12.4. The molecule has 0 amide bonds. The maximum atomic E-state index is 12.9. The van der Waals surface area contributed by atoms with Gasteiger partial charge in [0.25, 0.3) is 0 Å². The zero-order chi connectivity index (χ0) is 38.0. The molecule has 8 aliphatic rings. The van der Waals surface area contributed by atoms with Gasteiger partial charge in [-0.1, -0.05) is 39.3 Å². The Kier molecular flexibility index (Phi) is 9.84. The first-order valence-corrected chi connectivity index (χ1v) is 20.0. The average molecular weight is 755 g/mol. The summed E-state index contributed by atoms with van der Waals surface area (Å²) in [6.07, 6.45) is -6.28. The molecule has 0 unspecified atom stereocenters. The smallest absolute Gasteiger partial charge is 0.187 e. The van der Waals surface area contributed by atoms with E-state index in [0.717, 1.165) is 25.7 Å². The highest BCUT2D eigenvalue weighted by atomic mass is 16.8. The molecule has 14 nitrogen and oxygen atoms in total. The van der Waals surface area contributed by atoms with E-state index >= 15 is 0 Å². The SMILES string of the molecule is C[C@@H]1CC[C@@]2(OC1)O[C@H]1C[C@@]3(O)[C@@H]4CC=C5C[C@@H](O[C@@H]6O[C@H](CO)[C@@H](O)[C@H](O)[C@H]6O[C@@H]6O[C@@H](C)[C@H](O)[C@@H](O)[C@H]6O)CC[C@]5(C)[C@H]4CC[C@]3(C)[C@@]1(O)[C@@H]2C. The zero-order valence-corrected chi connectivity index (χ0v) is 31.6. The second kappa shape index (κ2) is 13.4. The molecule has 14 heteroatoms. The summed E-state index contributed by atoms with van der Waals surface area (Å²) >= 11 is 0. The van der Waals surface area contributed by atoms with Gasteiger partial charge in [-0.2, -0.15) is 0 Å². The highest BCUT2D eigenvalue weighted by molar-refractivity contribution is 5.33. The molecular formula is C39H62O14. The van der Waals surface area contributed by atoms with Gasteiger partial charge in [-0.05, 0) is 75.0 Å². The molecule has 8 rings (SSSR count). The number of allylic oxidation sites excluding steroid dienone is 1. The normalized spacial score (nSPS) is 59.5. The summed E-state index contributed by atoms with van der Waals surface area (Å²) < 4.78 is 37.1. The van der Waals surface area contributed by atoms with Crippen molar-refractivity contribution in [3.05, 3.63) is 11.6 Å². The zero-order valence-electron chi connectivity index (χ0n) is 31.6. The molecule has 4 heterocycles. The van der Waals surface area contributed by atoms with Crippen molar-refractivity contribution >= 4 is 0 Å². The van der Waals surface area contributed by atoms with Gasteiger partial charge in [0, 0.05) is 24.2 Å². The molecule has 1 spiro atoms. The first-order chi connectivity index (χ1) is 24.9. The fraction of sp³-hybridized carbons (Fsp3) is 0.949. The van der Waals surface area contributed by atoms with E-state index in [1.54, 1.807) is 0 Å². The Morgan fingerprint density at radius 1 is 0.811 bits per heavy atom. The lowest BCUT2D eigenvalue weighted by molar-refractivity contribution is -0.369. The Morgan fingerprint density at radius 2 is 1.57 bits per heavy atom. The maximum absolute atomic E-state index is 12.9. The van der Waals surface area contributed by atoms with Gasteiger partial charge in [0.15, 0.2) is 18.4 Å². The summed E-state index contributed by atoms with van der Waals surface area (Å²) in [6.45, 7) is 10.1. The van der Waals surface area contributed by atoms with E-state index in [1.165, 1.54) is 12.5 Å². The van der Waals surface area contributed by atoms with Crippen LogP contribution in [0.25, 0.3) is 0 Å². The van der Waals surface area contributed by atoms with Crippen molar-refractivity contribution < 1.29 is 69.3 Å². The second-order valence-electron chi connectivity index (χ2n) is 18.5. The summed E-state index contributed by atoms with van der Waals surface area (Å²) in [7, 11) is 0. The van der Waals surface area contributed by atoms with Gasteiger partial charge < -0.3 is 69.3 Å². The Hall–Kier alpha value is -0.820. The third kappa shape index (κ3) is 5.49. The van der Waals surface area contributed by atoms with E-state index in [9.17, 15) is 40.9 Å². The number of hydrogen-bond donors (Lipinski definition) is 8. The van der Waals surface area contributed by atoms with E-state index in [1.807, 2.05) is 6.92 Å². The van der Waals surface area contributed by atoms with Crippen LogP contribution >= 0.6 is 0 Å². The minimum absolute atomic E-state index is 0.0688. The lowest BCUT2D eigenvalue weighted by Crippen LogP contribution is -2.66. The number of ether oxygens (including phenoxy) is 6. The van der Waals surface area contributed by atoms with Crippen LogP contribution < -0.4 is 0 Å². The molecule has 21 atom stereocenters. The maximum Gasteiger partial charge on any atom is 0.187 e. The average Bonchev–Trinajstić information content (AvgIpc) is 3.44. The van der Waals surface area contributed by atoms with Crippen molar-refractivity contribution in [1.82, 2.24) is 0 Å². The molecule has 0 bridgehead atoms. The summed E-state index contributed by atoms with van der Waals surface area (Å²) in [6, 6.07) is 0. The number of hydrogen-bond acceptors (Lipinski definition) is 14. The molecule has 0 aromatic rings. The summed E-state index contributed by atoms with van der Waals surface area (Å²) in [5.41, 5.74) is -2.13. The Labute approximate surface area is 311 Å². The van der Waals surface area contributed by atoms with Gasteiger partial charge in [0.1, 0.15) is 48.3 Å². The molecule has 7 fully saturated rings. The van der Waals surface area contributed by atoms with Gasteiger partial charge >= 0.3 is 0 Å². The molecular weight excluding hydrogens is 692 g/mol. The third-order valence-corrected chi connectivity index (χ3v) is 16.0. The minimum atomic E-state index is -1.65. The predicted octanol–water partition coefficient (Wildman–Crippen LogP) is 0.620. The molecule has 8 N–H and O–H groups in total. The Bertz CT molecular complexity index is 1410. The monoisotopic (exact) mass is 754 g/mol. The molecule has 3 saturated carbocycles. The molecule has 4 aliphatic heterocycles.